The van der Waals surface area contributed by atoms with Crippen LogP contribution in [0.2, 0.25) is 10.2 Å². The van der Waals surface area contributed by atoms with Crippen LogP contribution in [0, 0.1) is 18.6 Å². The molecule has 0 spiro atoms. The summed E-state index contributed by atoms with van der Waals surface area (Å²) >= 11 is 11.3. The Morgan fingerprint density at radius 1 is 1.21 bits per heavy atom. The molecule has 0 radical (unpaired) electrons. The van der Waals surface area contributed by atoms with Gasteiger partial charge in [0.1, 0.15) is 16.7 Å². The number of benzene rings is 1. The molecule has 0 amide bonds. The maximum absolute atomic E-state index is 13.7. The molecular weight excluding hydrogens is 301 g/mol. The van der Waals surface area contributed by atoms with Crippen molar-refractivity contribution in [1.82, 2.24) is 9.55 Å². The molecule has 0 bridgehead atoms. The van der Waals surface area contributed by atoms with E-state index < -0.39 is 33.6 Å². The first-order valence-corrected chi connectivity index (χ1v) is 5.75. The molecule has 2 rings (SSSR count). The zero-order chi connectivity index (χ0) is 14.3. The first-order valence-electron chi connectivity index (χ1n) is 4.99. The zero-order valence-corrected chi connectivity index (χ0v) is 10.9. The highest BCUT2D eigenvalue weighted by molar-refractivity contribution is 6.32. The molecule has 100 valence electrons. The minimum absolute atomic E-state index is 0.0149. The van der Waals surface area contributed by atoms with E-state index in [2.05, 4.69) is 4.98 Å². The van der Waals surface area contributed by atoms with E-state index in [-0.39, 0.29) is 10.7 Å². The van der Waals surface area contributed by atoms with Gasteiger partial charge in [-0.3, -0.25) is 9.78 Å². The van der Waals surface area contributed by atoms with E-state index in [1.54, 1.807) is 0 Å². The summed E-state index contributed by atoms with van der Waals surface area (Å²) in [5.74, 6) is -2.04. The van der Waals surface area contributed by atoms with Crippen LogP contribution in [0.5, 0.6) is 0 Å². The predicted molar refractivity (Wildman–Crippen MR) is 67.3 cm³/mol. The van der Waals surface area contributed by atoms with Gasteiger partial charge in [-0.1, -0.05) is 23.2 Å². The number of H-pyrrole nitrogens is 1. The van der Waals surface area contributed by atoms with Gasteiger partial charge in [-0.2, -0.15) is 0 Å². The van der Waals surface area contributed by atoms with Crippen molar-refractivity contribution in [1.29, 1.82) is 0 Å². The van der Waals surface area contributed by atoms with Crippen LogP contribution in [-0.2, 0) is 0 Å². The van der Waals surface area contributed by atoms with Gasteiger partial charge < -0.3 is 0 Å². The van der Waals surface area contributed by atoms with Crippen molar-refractivity contribution in [3.8, 4) is 5.69 Å². The molecule has 0 fully saturated rings. The normalized spacial score (nSPS) is 10.8. The van der Waals surface area contributed by atoms with E-state index in [9.17, 15) is 18.4 Å². The van der Waals surface area contributed by atoms with Crippen molar-refractivity contribution in [2.24, 2.45) is 0 Å². The fourth-order valence-electron chi connectivity index (χ4n) is 1.55. The maximum atomic E-state index is 13.7. The summed E-state index contributed by atoms with van der Waals surface area (Å²) in [4.78, 5) is 25.8. The van der Waals surface area contributed by atoms with E-state index in [1.807, 2.05) is 0 Å². The van der Waals surface area contributed by atoms with E-state index in [1.165, 1.54) is 6.92 Å². The summed E-state index contributed by atoms with van der Waals surface area (Å²) in [7, 11) is 0. The SMILES string of the molecule is Cc1c(Cl)[nH]c(=O)n(-c2c(F)cc(F)cc2Cl)c1=O. The second kappa shape index (κ2) is 4.79. The average molecular weight is 307 g/mol. The Kier molecular flexibility index (Phi) is 3.47. The van der Waals surface area contributed by atoms with Crippen LogP contribution >= 0.6 is 23.2 Å². The Labute approximate surface area is 115 Å². The third-order valence-electron chi connectivity index (χ3n) is 2.48. The molecule has 4 nitrogen and oxygen atoms in total. The number of halogens is 4. The molecule has 1 N–H and O–H groups in total. The third-order valence-corrected chi connectivity index (χ3v) is 3.14. The third kappa shape index (κ3) is 2.29. The van der Waals surface area contributed by atoms with Crippen molar-refractivity contribution in [3.05, 3.63) is 60.3 Å². The molecule has 0 saturated carbocycles. The van der Waals surface area contributed by atoms with Gasteiger partial charge in [0.25, 0.3) is 5.56 Å². The quantitative estimate of drug-likeness (QED) is 0.823. The van der Waals surface area contributed by atoms with Gasteiger partial charge in [0, 0.05) is 6.07 Å². The first kappa shape index (κ1) is 13.8. The van der Waals surface area contributed by atoms with Crippen LogP contribution in [0.1, 0.15) is 5.56 Å². The molecule has 0 atom stereocenters. The Morgan fingerprint density at radius 2 is 1.84 bits per heavy atom. The number of aromatic nitrogens is 2. The number of aromatic amines is 1. The fourth-order valence-corrected chi connectivity index (χ4v) is 1.99. The maximum Gasteiger partial charge on any atom is 0.334 e. The largest absolute Gasteiger partial charge is 0.334 e. The summed E-state index contributed by atoms with van der Waals surface area (Å²) in [6, 6.07) is 1.33. The van der Waals surface area contributed by atoms with Crippen LogP contribution in [-0.4, -0.2) is 9.55 Å². The molecule has 19 heavy (non-hydrogen) atoms. The lowest BCUT2D eigenvalue weighted by molar-refractivity contribution is 0.574. The minimum atomic E-state index is -1.13. The smallest absolute Gasteiger partial charge is 0.297 e. The van der Waals surface area contributed by atoms with Crippen molar-refractivity contribution < 1.29 is 8.78 Å². The predicted octanol–water partition coefficient (Wildman–Crippen LogP) is 2.42. The van der Waals surface area contributed by atoms with Crippen LogP contribution in [0.4, 0.5) is 8.78 Å². The van der Waals surface area contributed by atoms with Crippen molar-refractivity contribution in [2.75, 3.05) is 0 Å². The van der Waals surface area contributed by atoms with Crippen LogP contribution in [0.3, 0.4) is 0 Å². The number of rotatable bonds is 1. The molecule has 1 aromatic carbocycles. The van der Waals surface area contributed by atoms with Crippen LogP contribution < -0.4 is 11.2 Å². The second-order valence-corrected chi connectivity index (χ2v) is 4.51. The zero-order valence-electron chi connectivity index (χ0n) is 9.43. The average Bonchev–Trinajstić information content (AvgIpc) is 2.29. The van der Waals surface area contributed by atoms with E-state index in [0.29, 0.717) is 10.6 Å². The topological polar surface area (TPSA) is 54.9 Å². The monoisotopic (exact) mass is 306 g/mol. The second-order valence-electron chi connectivity index (χ2n) is 3.73. The molecule has 0 unspecified atom stereocenters. The van der Waals surface area contributed by atoms with E-state index in [4.69, 9.17) is 23.2 Å². The van der Waals surface area contributed by atoms with E-state index >= 15 is 0 Å². The molecule has 8 heteroatoms. The Balaban J connectivity index is 2.93. The van der Waals surface area contributed by atoms with Crippen LogP contribution in [0.15, 0.2) is 21.7 Å². The van der Waals surface area contributed by atoms with Gasteiger partial charge in [-0.15, -0.1) is 0 Å². The van der Waals surface area contributed by atoms with Gasteiger partial charge in [0.05, 0.1) is 10.6 Å². The number of nitrogens with zero attached hydrogens (tertiary/aromatic N) is 1. The van der Waals surface area contributed by atoms with Gasteiger partial charge in [0.15, 0.2) is 5.82 Å². The molecule has 1 aromatic heterocycles. The highest BCUT2D eigenvalue weighted by Crippen LogP contribution is 2.23. The number of hydrogen-bond acceptors (Lipinski definition) is 2. The summed E-state index contributed by atoms with van der Waals surface area (Å²) in [5.41, 5.74) is -2.30. The van der Waals surface area contributed by atoms with Gasteiger partial charge in [-0.25, -0.2) is 18.1 Å². The molecule has 0 aliphatic carbocycles. The standard InChI is InChI=1S/C11H6Cl2F2N2O2/c1-4-9(13)16-11(19)17(10(4)18)8-6(12)2-5(14)3-7(8)15/h2-3H,1H3,(H,16,19). The van der Waals surface area contributed by atoms with Gasteiger partial charge >= 0.3 is 5.69 Å². The Hall–Kier alpha value is -1.66. The van der Waals surface area contributed by atoms with Gasteiger partial charge in [0.2, 0.25) is 0 Å². The summed E-state index contributed by atoms with van der Waals surface area (Å²) < 4.78 is 27.1. The van der Waals surface area contributed by atoms with Crippen molar-refractivity contribution in [3.63, 3.8) is 0 Å². The molecular formula is C11H6Cl2F2N2O2. The molecule has 0 aliphatic rings. The minimum Gasteiger partial charge on any atom is -0.297 e. The Bertz CT molecular complexity index is 760. The fraction of sp³-hybridized carbons (Fsp3) is 0.0909. The highest BCUT2D eigenvalue weighted by atomic mass is 35.5. The highest BCUT2D eigenvalue weighted by Gasteiger charge is 2.18. The first-order chi connectivity index (χ1) is 8.82. The molecule has 0 saturated heterocycles. The van der Waals surface area contributed by atoms with E-state index in [0.717, 1.165) is 6.07 Å². The number of hydrogen-bond donors (Lipinski definition) is 1. The van der Waals surface area contributed by atoms with Crippen molar-refractivity contribution in [2.45, 2.75) is 6.92 Å². The number of nitrogens with one attached hydrogen (secondary N) is 1. The molecule has 1 heterocycles. The molecule has 0 aliphatic heterocycles. The Morgan fingerprint density at radius 3 is 2.42 bits per heavy atom. The summed E-state index contributed by atoms with van der Waals surface area (Å²) in [5, 5.41) is -0.545. The lowest BCUT2D eigenvalue weighted by Crippen LogP contribution is -2.36. The summed E-state index contributed by atoms with van der Waals surface area (Å²) in [6.07, 6.45) is 0. The van der Waals surface area contributed by atoms with Crippen molar-refractivity contribution >= 4 is 23.2 Å². The lowest BCUT2D eigenvalue weighted by Gasteiger charge is -2.09. The van der Waals surface area contributed by atoms with Crippen LogP contribution in [0.25, 0.3) is 5.69 Å². The lowest BCUT2D eigenvalue weighted by atomic mass is 10.2. The summed E-state index contributed by atoms with van der Waals surface area (Å²) in [6.45, 7) is 1.35. The molecule has 2 aromatic rings. The van der Waals surface area contributed by atoms with Gasteiger partial charge in [-0.05, 0) is 13.0 Å².